The number of aryl methyl sites for hydroxylation is 2. The molecule has 0 saturated carbocycles. The Bertz CT molecular complexity index is 551. The number of nitrogens with one attached hydrogen (secondary N) is 1. The molecule has 1 N–H and O–H groups in total. The summed E-state index contributed by atoms with van der Waals surface area (Å²) in [4.78, 5) is 0. The molecule has 1 aromatic carbocycles. The highest BCUT2D eigenvalue weighted by atomic mass is 127. The first-order valence-corrected chi connectivity index (χ1v) is 6.88. The average Bonchev–Trinajstić information content (AvgIpc) is 2.69. The molecule has 96 valence electrons. The van der Waals surface area contributed by atoms with Crippen molar-refractivity contribution in [2.75, 3.05) is 5.32 Å². The van der Waals surface area contributed by atoms with Gasteiger partial charge in [-0.15, -0.1) is 0 Å². The maximum absolute atomic E-state index is 13.0. The minimum absolute atomic E-state index is 0.209. The molecule has 0 fully saturated rings. The van der Waals surface area contributed by atoms with E-state index in [1.807, 2.05) is 11.7 Å². The Balaban J connectivity index is 2.08. The molecule has 18 heavy (non-hydrogen) atoms. The Hall–Kier alpha value is -1.11. The van der Waals surface area contributed by atoms with Crippen LogP contribution in [-0.4, -0.2) is 9.78 Å². The highest BCUT2D eigenvalue weighted by molar-refractivity contribution is 14.1. The third kappa shape index (κ3) is 3.01. The van der Waals surface area contributed by atoms with Crippen molar-refractivity contribution in [3.05, 3.63) is 45.0 Å². The lowest BCUT2D eigenvalue weighted by atomic mass is 10.3. The van der Waals surface area contributed by atoms with Crippen LogP contribution in [0.1, 0.15) is 18.3 Å². The molecule has 0 amide bonds. The monoisotopic (exact) mass is 359 g/mol. The molecule has 0 saturated heterocycles. The van der Waals surface area contributed by atoms with E-state index in [1.165, 1.54) is 12.1 Å². The summed E-state index contributed by atoms with van der Waals surface area (Å²) in [5.74, 6) is -0.209. The zero-order valence-corrected chi connectivity index (χ0v) is 12.5. The van der Waals surface area contributed by atoms with E-state index in [1.54, 1.807) is 6.07 Å². The summed E-state index contributed by atoms with van der Waals surface area (Å²) in [7, 11) is 1.94. The quantitative estimate of drug-likeness (QED) is 0.849. The van der Waals surface area contributed by atoms with Gasteiger partial charge in [-0.2, -0.15) is 5.10 Å². The second kappa shape index (κ2) is 5.69. The summed E-state index contributed by atoms with van der Waals surface area (Å²) in [5.41, 5.74) is 3.14. The largest absolute Gasteiger partial charge is 0.379 e. The molecule has 2 aromatic rings. The minimum atomic E-state index is -0.209. The van der Waals surface area contributed by atoms with E-state index in [0.717, 1.165) is 27.1 Å². The first kappa shape index (κ1) is 13.3. The lowest BCUT2D eigenvalue weighted by molar-refractivity contribution is 0.627. The molecule has 1 heterocycles. The zero-order chi connectivity index (χ0) is 13.1. The summed E-state index contributed by atoms with van der Waals surface area (Å²) in [6, 6.07) is 6.83. The van der Waals surface area contributed by atoms with Gasteiger partial charge in [0, 0.05) is 16.3 Å². The Morgan fingerprint density at radius 2 is 2.17 bits per heavy atom. The Morgan fingerprint density at radius 3 is 2.78 bits per heavy atom. The number of nitrogens with zero attached hydrogens (tertiary/aromatic N) is 2. The Kier molecular flexibility index (Phi) is 4.21. The van der Waals surface area contributed by atoms with Crippen molar-refractivity contribution in [3.63, 3.8) is 0 Å². The molecule has 0 spiro atoms. The molecule has 5 heteroatoms. The van der Waals surface area contributed by atoms with Crippen LogP contribution in [0.5, 0.6) is 0 Å². The molecule has 1 aromatic heterocycles. The van der Waals surface area contributed by atoms with Gasteiger partial charge < -0.3 is 5.32 Å². The summed E-state index contributed by atoms with van der Waals surface area (Å²) in [5, 5.41) is 7.69. The number of halogens is 2. The second-order valence-electron chi connectivity index (χ2n) is 4.08. The number of rotatable bonds is 4. The molecule has 0 aliphatic heterocycles. The lowest BCUT2D eigenvalue weighted by Crippen LogP contribution is -2.06. The highest BCUT2D eigenvalue weighted by Crippen LogP contribution is 2.19. The van der Waals surface area contributed by atoms with Crippen molar-refractivity contribution >= 4 is 28.3 Å². The molecule has 3 nitrogen and oxygen atoms in total. The predicted octanol–water partition coefficient (Wildman–Crippen LogP) is 3.34. The van der Waals surface area contributed by atoms with Crippen molar-refractivity contribution in [1.82, 2.24) is 9.78 Å². The highest BCUT2D eigenvalue weighted by Gasteiger charge is 2.05. The number of benzene rings is 1. The number of anilines is 1. The van der Waals surface area contributed by atoms with E-state index in [9.17, 15) is 4.39 Å². The van der Waals surface area contributed by atoms with Crippen molar-refractivity contribution < 1.29 is 4.39 Å². The summed E-state index contributed by atoms with van der Waals surface area (Å²) < 4.78 is 15.7. The van der Waals surface area contributed by atoms with Crippen LogP contribution in [-0.2, 0) is 20.0 Å². The van der Waals surface area contributed by atoms with Gasteiger partial charge in [-0.3, -0.25) is 4.68 Å². The van der Waals surface area contributed by atoms with Crippen molar-refractivity contribution in [3.8, 4) is 0 Å². The van der Waals surface area contributed by atoms with Gasteiger partial charge >= 0.3 is 0 Å². The van der Waals surface area contributed by atoms with E-state index in [4.69, 9.17) is 0 Å². The summed E-state index contributed by atoms with van der Waals surface area (Å²) in [6.07, 6.45) is 0.932. The molecule has 0 aliphatic carbocycles. The van der Waals surface area contributed by atoms with Crippen molar-refractivity contribution in [2.24, 2.45) is 7.05 Å². The Labute approximate surface area is 120 Å². The van der Waals surface area contributed by atoms with Gasteiger partial charge in [-0.25, -0.2) is 4.39 Å². The SMILES string of the molecule is CCc1cc(CNc2ccc(F)cc2I)n(C)n1. The molecular formula is C13H15FIN3. The number of aromatic nitrogens is 2. The third-order valence-electron chi connectivity index (χ3n) is 2.78. The second-order valence-corrected chi connectivity index (χ2v) is 5.24. The number of hydrogen-bond donors (Lipinski definition) is 1. The van der Waals surface area contributed by atoms with Crippen LogP contribution in [0.3, 0.4) is 0 Å². The van der Waals surface area contributed by atoms with Gasteiger partial charge in [0.1, 0.15) is 5.82 Å². The minimum Gasteiger partial charge on any atom is -0.379 e. The maximum Gasteiger partial charge on any atom is 0.124 e. The van der Waals surface area contributed by atoms with Gasteiger partial charge in [0.25, 0.3) is 0 Å². The van der Waals surface area contributed by atoms with Gasteiger partial charge in [0.2, 0.25) is 0 Å². The predicted molar refractivity (Wildman–Crippen MR) is 79.0 cm³/mol. The lowest BCUT2D eigenvalue weighted by Gasteiger charge is -2.08. The van der Waals surface area contributed by atoms with Crippen molar-refractivity contribution in [2.45, 2.75) is 19.9 Å². The van der Waals surface area contributed by atoms with E-state index in [-0.39, 0.29) is 5.82 Å². The van der Waals surface area contributed by atoms with Gasteiger partial charge in [0.05, 0.1) is 17.9 Å². The fourth-order valence-electron chi connectivity index (χ4n) is 1.73. The maximum atomic E-state index is 13.0. The van der Waals surface area contributed by atoms with Gasteiger partial charge in [-0.1, -0.05) is 6.92 Å². The topological polar surface area (TPSA) is 29.9 Å². The fourth-order valence-corrected chi connectivity index (χ4v) is 2.40. The molecule has 0 aliphatic rings. The van der Waals surface area contributed by atoms with Crippen LogP contribution in [0.25, 0.3) is 0 Å². The summed E-state index contributed by atoms with van der Waals surface area (Å²) >= 11 is 2.13. The van der Waals surface area contributed by atoms with Crippen LogP contribution >= 0.6 is 22.6 Å². The van der Waals surface area contributed by atoms with Crippen LogP contribution in [0.2, 0.25) is 0 Å². The molecule has 2 rings (SSSR count). The molecule has 0 unspecified atom stereocenters. The summed E-state index contributed by atoms with van der Waals surface area (Å²) in [6.45, 7) is 2.77. The average molecular weight is 359 g/mol. The zero-order valence-electron chi connectivity index (χ0n) is 10.4. The Morgan fingerprint density at radius 1 is 1.39 bits per heavy atom. The number of hydrogen-bond acceptors (Lipinski definition) is 2. The van der Waals surface area contributed by atoms with E-state index >= 15 is 0 Å². The molecule has 0 radical (unpaired) electrons. The van der Waals surface area contributed by atoms with E-state index < -0.39 is 0 Å². The first-order chi connectivity index (χ1) is 8.60. The third-order valence-corrected chi connectivity index (χ3v) is 3.67. The van der Waals surface area contributed by atoms with E-state index in [2.05, 4.69) is 46.0 Å². The van der Waals surface area contributed by atoms with E-state index in [0.29, 0.717) is 6.54 Å². The van der Waals surface area contributed by atoms with Gasteiger partial charge in [-0.05, 0) is 53.3 Å². The standard InChI is InChI=1S/C13H15FIN3/c1-3-10-7-11(18(2)17-10)8-16-13-5-4-9(14)6-12(13)15/h4-7,16H,3,8H2,1-2H3. The normalized spacial score (nSPS) is 10.7. The molecule has 0 atom stereocenters. The fraction of sp³-hybridized carbons (Fsp3) is 0.308. The van der Waals surface area contributed by atoms with Crippen molar-refractivity contribution in [1.29, 1.82) is 0 Å². The smallest absolute Gasteiger partial charge is 0.124 e. The molecular weight excluding hydrogens is 344 g/mol. The van der Waals surface area contributed by atoms with Crippen LogP contribution in [0.15, 0.2) is 24.3 Å². The van der Waals surface area contributed by atoms with Crippen LogP contribution in [0.4, 0.5) is 10.1 Å². The van der Waals surface area contributed by atoms with Crippen LogP contribution < -0.4 is 5.32 Å². The first-order valence-electron chi connectivity index (χ1n) is 5.81. The van der Waals surface area contributed by atoms with Gasteiger partial charge in [0.15, 0.2) is 0 Å². The van der Waals surface area contributed by atoms with Crippen LogP contribution in [0, 0.1) is 9.39 Å². The molecule has 0 bridgehead atoms.